The van der Waals surface area contributed by atoms with Gasteiger partial charge in [-0.25, -0.2) is 0 Å². The number of carboxylic acids is 1. The summed E-state index contributed by atoms with van der Waals surface area (Å²) in [5.41, 5.74) is 0. The lowest BCUT2D eigenvalue weighted by atomic mass is 9.97. The molecular weight excluding hydrogens is 244 g/mol. The van der Waals surface area contributed by atoms with E-state index in [-0.39, 0.29) is 6.54 Å². The van der Waals surface area contributed by atoms with E-state index in [1.165, 1.54) is 25.7 Å². The predicted octanol–water partition coefficient (Wildman–Crippen LogP) is 0.940. The maximum absolute atomic E-state index is 10.5. The van der Waals surface area contributed by atoms with Crippen molar-refractivity contribution in [3.05, 3.63) is 0 Å². The molecule has 2 saturated heterocycles. The van der Waals surface area contributed by atoms with E-state index in [0.717, 1.165) is 26.2 Å². The lowest BCUT2D eigenvalue weighted by Gasteiger charge is -2.34. The smallest absolute Gasteiger partial charge is 0.317 e. The van der Waals surface area contributed by atoms with Crippen molar-refractivity contribution in [1.29, 1.82) is 0 Å². The maximum Gasteiger partial charge on any atom is 0.317 e. The maximum atomic E-state index is 10.5. The van der Waals surface area contributed by atoms with Gasteiger partial charge >= 0.3 is 5.97 Å². The molecule has 2 aliphatic rings. The Hall–Kier alpha value is -0.650. The van der Waals surface area contributed by atoms with Gasteiger partial charge in [0.1, 0.15) is 0 Å². The molecular formula is C14H26N2O3. The van der Waals surface area contributed by atoms with Gasteiger partial charge in [-0.2, -0.15) is 0 Å². The van der Waals surface area contributed by atoms with Crippen LogP contribution in [-0.4, -0.2) is 60.9 Å². The van der Waals surface area contributed by atoms with Crippen LogP contribution in [-0.2, 0) is 9.53 Å². The third kappa shape index (κ3) is 5.09. The lowest BCUT2D eigenvalue weighted by molar-refractivity contribution is -0.136. The van der Waals surface area contributed by atoms with Gasteiger partial charge in [0.05, 0.1) is 18.8 Å². The molecule has 0 amide bonds. The molecule has 0 spiro atoms. The quantitative estimate of drug-likeness (QED) is 0.752. The minimum Gasteiger partial charge on any atom is -0.480 e. The van der Waals surface area contributed by atoms with Gasteiger partial charge in [-0.3, -0.25) is 4.79 Å². The average molecular weight is 270 g/mol. The van der Waals surface area contributed by atoms with Crippen LogP contribution in [0.3, 0.4) is 0 Å². The average Bonchev–Trinajstić information content (AvgIpc) is 2.75. The van der Waals surface area contributed by atoms with Gasteiger partial charge in [-0.05, 0) is 51.6 Å². The third-order valence-corrected chi connectivity index (χ3v) is 4.09. The number of carbonyl (C=O) groups is 1. The Bertz CT molecular complexity index is 298. The summed E-state index contributed by atoms with van der Waals surface area (Å²) in [4.78, 5) is 13.0. The molecule has 0 aromatic rings. The zero-order valence-electron chi connectivity index (χ0n) is 11.8. The van der Waals surface area contributed by atoms with Crippen molar-refractivity contribution < 1.29 is 14.6 Å². The molecule has 0 saturated carbocycles. The molecule has 0 aromatic heterocycles. The van der Waals surface area contributed by atoms with Crippen molar-refractivity contribution in [3.8, 4) is 0 Å². The summed E-state index contributed by atoms with van der Waals surface area (Å²) in [5.74, 6) is -0.201. The Labute approximate surface area is 115 Å². The number of rotatable bonds is 6. The Balaban J connectivity index is 1.66. The fourth-order valence-electron chi connectivity index (χ4n) is 3.17. The number of likely N-dealkylation sites (tertiary alicyclic amines) is 1. The Morgan fingerprint density at radius 2 is 2.26 bits per heavy atom. The third-order valence-electron chi connectivity index (χ3n) is 4.09. The number of hydrogen-bond acceptors (Lipinski definition) is 4. The van der Waals surface area contributed by atoms with Crippen molar-refractivity contribution in [1.82, 2.24) is 10.2 Å². The fraction of sp³-hybridized carbons (Fsp3) is 0.929. The Morgan fingerprint density at radius 1 is 1.42 bits per heavy atom. The van der Waals surface area contributed by atoms with Crippen molar-refractivity contribution in [2.75, 3.05) is 32.7 Å². The first kappa shape index (κ1) is 14.8. The molecule has 0 aliphatic carbocycles. The molecule has 19 heavy (non-hydrogen) atoms. The van der Waals surface area contributed by atoms with Gasteiger partial charge < -0.3 is 20.1 Å². The highest BCUT2D eigenvalue weighted by Gasteiger charge is 2.26. The van der Waals surface area contributed by atoms with Crippen molar-refractivity contribution in [2.24, 2.45) is 5.92 Å². The van der Waals surface area contributed by atoms with Crippen LogP contribution in [0.15, 0.2) is 0 Å². The summed E-state index contributed by atoms with van der Waals surface area (Å²) < 4.78 is 5.88. The van der Waals surface area contributed by atoms with Crippen LogP contribution in [0.2, 0.25) is 0 Å². The standard InChI is InChI=1S/C14H26N2O3/c1-11-4-5-13(19-11)10-16-6-2-3-12(9-16)7-15-8-14(17)18/h11-13,15H,2-10H2,1H3,(H,17,18). The summed E-state index contributed by atoms with van der Waals surface area (Å²) in [6.07, 6.45) is 5.59. The number of nitrogens with one attached hydrogen (secondary N) is 1. The molecule has 2 aliphatic heterocycles. The Kier molecular flexibility index (Phi) is 5.60. The molecule has 2 N–H and O–H groups in total. The second-order valence-corrected chi connectivity index (χ2v) is 5.94. The van der Waals surface area contributed by atoms with Crippen LogP contribution in [0.5, 0.6) is 0 Å². The highest BCUT2D eigenvalue weighted by atomic mass is 16.5. The van der Waals surface area contributed by atoms with Gasteiger partial charge in [-0.1, -0.05) is 0 Å². The van der Waals surface area contributed by atoms with E-state index in [4.69, 9.17) is 9.84 Å². The van der Waals surface area contributed by atoms with Gasteiger partial charge in [0.25, 0.3) is 0 Å². The summed E-state index contributed by atoms with van der Waals surface area (Å²) >= 11 is 0. The normalized spacial score (nSPS) is 32.6. The number of hydrogen-bond donors (Lipinski definition) is 2. The molecule has 5 nitrogen and oxygen atoms in total. The van der Waals surface area contributed by atoms with Crippen molar-refractivity contribution >= 4 is 5.97 Å². The SMILES string of the molecule is CC1CCC(CN2CCCC(CNCC(=O)O)C2)O1. The largest absolute Gasteiger partial charge is 0.480 e. The highest BCUT2D eigenvalue weighted by Crippen LogP contribution is 2.22. The minimum atomic E-state index is -0.777. The van der Waals surface area contributed by atoms with Crippen LogP contribution in [0.1, 0.15) is 32.6 Å². The number of nitrogens with zero attached hydrogens (tertiary/aromatic N) is 1. The van der Waals surface area contributed by atoms with Gasteiger partial charge in [0.2, 0.25) is 0 Å². The van der Waals surface area contributed by atoms with Gasteiger partial charge in [-0.15, -0.1) is 0 Å². The molecule has 0 aromatic carbocycles. The van der Waals surface area contributed by atoms with E-state index >= 15 is 0 Å². The van der Waals surface area contributed by atoms with E-state index in [9.17, 15) is 4.79 Å². The Morgan fingerprint density at radius 3 is 2.95 bits per heavy atom. The van der Waals surface area contributed by atoms with E-state index in [1.54, 1.807) is 0 Å². The van der Waals surface area contributed by atoms with E-state index in [1.807, 2.05) is 0 Å². The van der Waals surface area contributed by atoms with Gasteiger partial charge in [0, 0.05) is 13.1 Å². The first-order valence-electron chi connectivity index (χ1n) is 7.44. The van der Waals surface area contributed by atoms with E-state index < -0.39 is 5.97 Å². The highest BCUT2D eigenvalue weighted by molar-refractivity contribution is 5.68. The topological polar surface area (TPSA) is 61.8 Å². The van der Waals surface area contributed by atoms with Crippen LogP contribution in [0, 0.1) is 5.92 Å². The van der Waals surface area contributed by atoms with Crippen LogP contribution in [0.25, 0.3) is 0 Å². The second kappa shape index (κ2) is 7.22. The lowest BCUT2D eigenvalue weighted by Crippen LogP contribution is -2.43. The molecule has 2 heterocycles. The monoisotopic (exact) mass is 270 g/mol. The van der Waals surface area contributed by atoms with Crippen molar-refractivity contribution in [2.45, 2.75) is 44.8 Å². The van der Waals surface area contributed by atoms with Crippen molar-refractivity contribution in [3.63, 3.8) is 0 Å². The predicted molar refractivity (Wildman–Crippen MR) is 73.2 cm³/mol. The molecule has 110 valence electrons. The zero-order chi connectivity index (χ0) is 13.7. The number of aliphatic carboxylic acids is 1. The number of carboxylic acid groups (broad SMARTS) is 1. The fourth-order valence-corrected chi connectivity index (χ4v) is 3.17. The number of ether oxygens (including phenoxy) is 1. The van der Waals surface area contributed by atoms with Gasteiger partial charge in [0.15, 0.2) is 0 Å². The molecule has 2 rings (SSSR count). The zero-order valence-corrected chi connectivity index (χ0v) is 11.8. The molecule has 3 unspecified atom stereocenters. The molecule has 0 radical (unpaired) electrons. The van der Waals surface area contributed by atoms with Crippen LogP contribution in [0.4, 0.5) is 0 Å². The summed E-state index contributed by atoms with van der Waals surface area (Å²) in [6.45, 7) is 6.30. The first-order chi connectivity index (χ1) is 9.13. The molecule has 3 atom stereocenters. The molecule has 5 heteroatoms. The summed E-state index contributed by atoms with van der Waals surface area (Å²) in [5, 5.41) is 11.6. The molecule has 0 bridgehead atoms. The van der Waals surface area contributed by atoms with Crippen LogP contribution >= 0.6 is 0 Å². The van der Waals surface area contributed by atoms with E-state index in [0.29, 0.717) is 18.1 Å². The summed E-state index contributed by atoms with van der Waals surface area (Å²) in [7, 11) is 0. The van der Waals surface area contributed by atoms with Crippen LogP contribution < -0.4 is 5.32 Å². The molecule has 2 fully saturated rings. The van der Waals surface area contributed by atoms with E-state index in [2.05, 4.69) is 17.1 Å². The second-order valence-electron chi connectivity index (χ2n) is 5.94. The summed E-state index contributed by atoms with van der Waals surface area (Å²) in [6, 6.07) is 0. The first-order valence-corrected chi connectivity index (χ1v) is 7.44. The minimum absolute atomic E-state index is 0.0692. The number of piperidine rings is 1.